The van der Waals surface area contributed by atoms with Gasteiger partial charge in [0.1, 0.15) is 6.54 Å². The molecule has 0 aliphatic carbocycles. The van der Waals surface area contributed by atoms with Gasteiger partial charge in [-0.25, -0.2) is 0 Å². The molecular weight excluding hydrogens is 326 g/mol. The highest BCUT2D eigenvalue weighted by atomic mass is 16.5. The first-order chi connectivity index (χ1) is 12.6. The predicted molar refractivity (Wildman–Crippen MR) is 105 cm³/mol. The summed E-state index contributed by atoms with van der Waals surface area (Å²) in [6.45, 7) is 6.16. The van der Waals surface area contributed by atoms with Gasteiger partial charge in [0.15, 0.2) is 6.04 Å². The average molecular weight is 354 g/mol. The molecule has 1 saturated heterocycles. The number of carbonyl (C=O) groups is 1. The molecule has 0 saturated carbocycles. The number of anilines is 2. The molecule has 1 aliphatic heterocycles. The highest BCUT2D eigenvalue weighted by Gasteiger charge is 2.22. The van der Waals surface area contributed by atoms with Crippen molar-refractivity contribution in [2.24, 2.45) is 0 Å². The minimum absolute atomic E-state index is 0.0394. The average Bonchev–Trinajstić information content (AvgIpc) is 2.69. The number of rotatable bonds is 6. The molecule has 2 aromatic carbocycles. The monoisotopic (exact) mass is 354 g/mol. The molecule has 0 bridgehead atoms. The third-order valence-corrected chi connectivity index (χ3v) is 4.97. The number of amides is 1. The van der Waals surface area contributed by atoms with Crippen LogP contribution in [0.25, 0.3) is 0 Å². The zero-order valence-electron chi connectivity index (χ0n) is 15.6. The molecule has 1 aliphatic rings. The second-order valence-electron chi connectivity index (χ2n) is 6.87. The van der Waals surface area contributed by atoms with Crippen LogP contribution < -0.4 is 15.1 Å². The van der Waals surface area contributed by atoms with Gasteiger partial charge in [0.2, 0.25) is 0 Å². The summed E-state index contributed by atoms with van der Waals surface area (Å²) in [4.78, 5) is 16.0. The van der Waals surface area contributed by atoms with Crippen LogP contribution in [0.2, 0.25) is 0 Å². The Balaban J connectivity index is 1.54. The quantitative estimate of drug-likeness (QED) is 0.828. The van der Waals surface area contributed by atoms with E-state index >= 15 is 0 Å². The zero-order valence-corrected chi connectivity index (χ0v) is 15.6. The van der Waals surface area contributed by atoms with Crippen molar-refractivity contribution in [1.29, 1.82) is 0 Å². The maximum atomic E-state index is 12.6. The first kappa shape index (κ1) is 18.4. The molecule has 5 nitrogen and oxygen atoms in total. The van der Waals surface area contributed by atoms with Crippen molar-refractivity contribution in [3.8, 4) is 0 Å². The fourth-order valence-electron chi connectivity index (χ4n) is 3.12. The van der Waals surface area contributed by atoms with Gasteiger partial charge >= 0.3 is 0 Å². The van der Waals surface area contributed by atoms with Crippen molar-refractivity contribution in [2.75, 3.05) is 43.6 Å². The number of nitrogens with zero attached hydrogens (tertiary/aromatic N) is 1. The van der Waals surface area contributed by atoms with Gasteiger partial charge in [-0.3, -0.25) is 4.79 Å². The normalized spacial score (nSPS) is 16.8. The first-order valence-corrected chi connectivity index (χ1v) is 9.23. The van der Waals surface area contributed by atoms with Gasteiger partial charge < -0.3 is 19.9 Å². The van der Waals surface area contributed by atoms with Gasteiger partial charge in [0.25, 0.3) is 5.91 Å². The van der Waals surface area contributed by atoms with Crippen LogP contribution in [0, 0.1) is 0 Å². The van der Waals surface area contributed by atoms with Gasteiger partial charge in [-0.05, 0) is 31.2 Å². The Labute approximate surface area is 155 Å². The summed E-state index contributed by atoms with van der Waals surface area (Å²) < 4.78 is 5.39. The Morgan fingerprint density at radius 3 is 2.42 bits per heavy atom. The number of quaternary nitrogens is 1. The van der Waals surface area contributed by atoms with E-state index < -0.39 is 0 Å². The van der Waals surface area contributed by atoms with Crippen LogP contribution in [0.15, 0.2) is 54.6 Å². The number of carbonyl (C=O) groups excluding carboxylic acids is 1. The number of benzene rings is 2. The molecule has 5 heteroatoms. The maximum Gasteiger partial charge on any atom is 0.282 e. The second kappa shape index (κ2) is 8.83. The Hall–Kier alpha value is -2.37. The molecule has 2 N–H and O–H groups in total. The summed E-state index contributed by atoms with van der Waals surface area (Å²) >= 11 is 0. The van der Waals surface area contributed by atoms with Gasteiger partial charge in [0, 0.05) is 30.0 Å². The summed E-state index contributed by atoms with van der Waals surface area (Å²) in [7, 11) is 2.05. The van der Waals surface area contributed by atoms with E-state index in [2.05, 4.69) is 41.5 Å². The van der Waals surface area contributed by atoms with Crippen molar-refractivity contribution >= 4 is 17.3 Å². The molecule has 3 rings (SSSR count). The van der Waals surface area contributed by atoms with Gasteiger partial charge in [-0.1, -0.05) is 30.3 Å². The van der Waals surface area contributed by atoms with Crippen molar-refractivity contribution < 1.29 is 14.4 Å². The van der Waals surface area contributed by atoms with E-state index in [1.807, 2.05) is 37.3 Å². The molecule has 2 aromatic rings. The van der Waals surface area contributed by atoms with E-state index in [4.69, 9.17) is 4.74 Å². The minimum atomic E-state index is -0.130. The van der Waals surface area contributed by atoms with Crippen LogP contribution in [0.1, 0.15) is 12.5 Å². The third-order valence-electron chi connectivity index (χ3n) is 4.97. The smallest absolute Gasteiger partial charge is 0.282 e. The molecule has 0 radical (unpaired) electrons. The lowest BCUT2D eigenvalue weighted by Gasteiger charge is -2.29. The number of morpholine rings is 1. The topological polar surface area (TPSA) is 46.0 Å². The van der Waals surface area contributed by atoms with E-state index in [1.165, 1.54) is 16.2 Å². The van der Waals surface area contributed by atoms with Crippen molar-refractivity contribution in [2.45, 2.75) is 19.5 Å². The number of hydrogen-bond donors (Lipinski definition) is 2. The Morgan fingerprint density at radius 1 is 1.12 bits per heavy atom. The van der Waals surface area contributed by atoms with Crippen LogP contribution in [0.5, 0.6) is 0 Å². The summed E-state index contributed by atoms with van der Waals surface area (Å²) in [5.41, 5.74) is 3.25. The highest BCUT2D eigenvalue weighted by molar-refractivity contribution is 5.93. The second-order valence-corrected chi connectivity index (χ2v) is 6.87. The summed E-state index contributed by atoms with van der Waals surface area (Å²) in [5.74, 6) is 0.0394. The first-order valence-electron chi connectivity index (χ1n) is 9.23. The van der Waals surface area contributed by atoms with E-state index in [0.717, 1.165) is 38.5 Å². The zero-order chi connectivity index (χ0) is 18.4. The fraction of sp³-hybridized carbons (Fsp3) is 0.381. The Bertz CT molecular complexity index is 697. The lowest BCUT2D eigenvalue weighted by molar-refractivity contribution is -0.907. The number of hydrogen-bond acceptors (Lipinski definition) is 3. The van der Waals surface area contributed by atoms with E-state index in [9.17, 15) is 4.79 Å². The standard InChI is InChI=1S/C21H27N3O2/c1-17(23(2)16-18-6-4-3-5-7-18)21(25)22-19-8-10-20(11-9-19)24-12-14-26-15-13-24/h3-11,17H,12-16H2,1-2H3,(H,22,25)/p+1/t17-/m1/s1. The van der Waals surface area contributed by atoms with E-state index in [-0.39, 0.29) is 11.9 Å². The molecular formula is C21H28N3O2+. The molecule has 1 unspecified atom stereocenters. The number of ether oxygens (including phenoxy) is 1. The molecule has 2 atom stereocenters. The maximum absolute atomic E-state index is 12.6. The molecule has 138 valence electrons. The van der Waals surface area contributed by atoms with Crippen molar-refractivity contribution in [3.05, 3.63) is 60.2 Å². The van der Waals surface area contributed by atoms with E-state index in [0.29, 0.717) is 0 Å². The molecule has 0 spiro atoms. The SMILES string of the molecule is C[C@H](C(=O)Nc1ccc(N2CCOCC2)cc1)[NH+](C)Cc1ccccc1. The van der Waals surface area contributed by atoms with Gasteiger partial charge in [0.05, 0.1) is 20.3 Å². The minimum Gasteiger partial charge on any atom is -0.378 e. The molecule has 0 aromatic heterocycles. The van der Waals surface area contributed by atoms with Gasteiger partial charge in [-0.2, -0.15) is 0 Å². The van der Waals surface area contributed by atoms with Crippen LogP contribution in [0.3, 0.4) is 0 Å². The number of nitrogens with one attached hydrogen (secondary N) is 2. The Kier molecular flexibility index (Phi) is 6.26. The predicted octanol–water partition coefficient (Wildman–Crippen LogP) is 1.57. The number of likely N-dealkylation sites (N-methyl/N-ethyl adjacent to an activating group) is 1. The molecule has 26 heavy (non-hydrogen) atoms. The van der Waals surface area contributed by atoms with Gasteiger partial charge in [-0.15, -0.1) is 0 Å². The Morgan fingerprint density at radius 2 is 1.77 bits per heavy atom. The summed E-state index contributed by atoms with van der Waals surface area (Å²) in [6, 6.07) is 18.2. The largest absolute Gasteiger partial charge is 0.378 e. The molecule has 1 fully saturated rings. The van der Waals surface area contributed by atoms with Crippen LogP contribution in [-0.2, 0) is 16.1 Å². The van der Waals surface area contributed by atoms with Crippen LogP contribution in [0.4, 0.5) is 11.4 Å². The molecule has 1 amide bonds. The lowest BCUT2D eigenvalue weighted by atomic mass is 10.2. The fourth-order valence-corrected chi connectivity index (χ4v) is 3.12. The highest BCUT2D eigenvalue weighted by Crippen LogP contribution is 2.19. The van der Waals surface area contributed by atoms with Crippen molar-refractivity contribution in [1.82, 2.24) is 0 Å². The lowest BCUT2D eigenvalue weighted by Crippen LogP contribution is -3.12. The van der Waals surface area contributed by atoms with E-state index in [1.54, 1.807) is 0 Å². The van der Waals surface area contributed by atoms with Crippen LogP contribution >= 0.6 is 0 Å². The molecule has 1 heterocycles. The van der Waals surface area contributed by atoms with Crippen molar-refractivity contribution in [3.63, 3.8) is 0 Å². The summed E-state index contributed by atoms with van der Waals surface area (Å²) in [6.07, 6.45) is 0. The third kappa shape index (κ3) is 4.84. The van der Waals surface area contributed by atoms with Crippen LogP contribution in [-0.4, -0.2) is 45.3 Å². The summed E-state index contributed by atoms with van der Waals surface area (Å²) in [5, 5.41) is 3.04.